The lowest BCUT2D eigenvalue weighted by molar-refractivity contribution is -0.384. The molecule has 0 aliphatic carbocycles. The number of nitrogens with zero attached hydrogens (tertiary/aromatic N) is 1. The molecule has 0 unspecified atom stereocenters. The van der Waals surface area contributed by atoms with E-state index in [0.29, 0.717) is 18.8 Å². The fourth-order valence-electron chi connectivity index (χ4n) is 1.56. The Balaban J connectivity index is 2.45. The van der Waals surface area contributed by atoms with E-state index in [1.165, 1.54) is 6.07 Å². The quantitative estimate of drug-likeness (QED) is 0.438. The van der Waals surface area contributed by atoms with E-state index in [1.54, 1.807) is 12.1 Å². The number of nitro groups is 1. The maximum absolute atomic E-state index is 10.8. The summed E-state index contributed by atoms with van der Waals surface area (Å²) in [5.74, 6) is 0. The van der Waals surface area contributed by atoms with Crippen molar-refractivity contribution in [1.82, 2.24) is 0 Å². The summed E-state index contributed by atoms with van der Waals surface area (Å²) >= 11 is 0. The summed E-state index contributed by atoms with van der Waals surface area (Å²) in [5, 5.41) is 13.9. The van der Waals surface area contributed by atoms with Crippen molar-refractivity contribution in [2.24, 2.45) is 0 Å². The molecule has 0 saturated heterocycles. The van der Waals surface area contributed by atoms with Gasteiger partial charge < -0.3 is 10.1 Å². The molecule has 0 bridgehead atoms. The van der Waals surface area contributed by atoms with Crippen LogP contribution in [0.25, 0.3) is 0 Å². The summed E-state index contributed by atoms with van der Waals surface area (Å²) in [7, 11) is 0. The third-order valence-electron chi connectivity index (χ3n) is 2.55. The van der Waals surface area contributed by atoms with Crippen molar-refractivity contribution in [3.8, 4) is 0 Å². The van der Waals surface area contributed by atoms with Crippen LogP contribution in [0.15, 0.2) is 18.2 Å². The highest BCUT2D eigenvalue weighted by Crippen LogP contribution is 2.24. The second kappa shape index (κ2) is 7.66. The van der Waals surface area contributed by atoms with Crippen molar-refractivity contribution in [3.05, 3.63) is 33.9 Å². The number of ether oxygens (including phenoxy) is 1. The number of rotatable bonds is 8. The topological polar surface area (TPSA) is 64.4 Å². The lowest BCUT2D eigenvalue weighted by Gasteiger charge is -2.08. The minimum Gasteiger partial charge on any atom is -0.380 e. The normalized spacial score (nSPS) is 10.3. The Labute approximate surface area is 107 Å². The summed E-state index contributed by atoms with van der Waals surface area (Å²) in [4.78, 5) is 10.5. The first-order valence-electron chi connectivity index (χ1n) is 6.21. The van der Waals surface area contributed by atoms with Gasteiger partial charge in [-0.05, 0) is 25.0 Å². The Morgan fingerprint density at radius 1 is 1.39 bits per heavy atom. The number of hydrogen-bond donors (Lipinski definition) is 1. The fraction of sp³-hybridized carbons (Fsp3) is 0.538. The van der Waals surface area contributed by atoms with E-state index >= 15 is 0 Å². The maximum Gasteiger partial charge on any atom is 0.292 e. The minimum absolute atomic E-state index is 0.106. The van der Waals surface area contributed by atoms with Crippen LogP contribution in [-0.2, 0) is 4.74 Å². The molecule has 0 atom stereocenters. The van der Waals surface area contributed by atoms with Crippen LogP contribution in [0.4, 0.5) is 11.4 Å². The van der Waals surface area contributed by atoms with Gasteiger partial charge in [0.25, 0.3) is 5.69 Å². The molecule has 0 amide bonds. The molecule has 0 aliphatic rings. The number of aryl methyl sites for hydroxylation is 1. The first-order valence-corrected chi connectivity index (χ1v) is 6.21. The van der Waals surface area contributed by atoms with Gasteiger partial charge in [0.1, 0.15) is 5.69 Å². The van der Waals surface area contributed by atoms with Gasteiger partial charge in [0.2, 0.25) is 0 Å². The van der Waals surface area contributed by atoms with Crippen LogP contribution in [0.2, 0.25) is 0 Å². The molecule has 0 aliphatic heterocycles. The molecular formula is C13H20N2O3. The van der Waals surface area contributed by atoms with Gasteiger partial charge in [-0.3, -0.25) is 10.1 Å². The highest BCUT2D eigenvalue weighted by Gasteiger charge is 2.12. The molecular weight excluding hydrogens is 232 g/mol. The molecule has 0 radical (unpaired) electrons. The van der Waals surface area contributed by atoms with E-state index in [1.807, 2.05) is 6.92 Å². The Bertz CT molecular complexity index is 394. The molecule has 100 valence electrons. The van der Waals surface area contributed by atoms with Crippen molar-refractivity contribution >= 4 is 11.4 Å². The zero-order valence-corrected chi connectivity index (χ0v) is 10.9. The molecule has 0 saturated carbocycles. The first kappa shape index (κ1) is 14.4. The summed E-state index contributed by atoms with van der Waals surface area (Å²) < 4.78 is 5.39. The highest BCUT2D eigenvalue weighted by molar-refractivity contribution is 5.62. The molecule has 1 N–H and O–H groups in total. The molecule has 1 aromatic carbocycles. The number of unbranched alkanes of at least 4 members (excludes halogenated alkanes) is 1. The molecule has 0 fully saturated rings. The molecule has 1 rings (SSSR count). The van der Waals surface area contributed by atoms with Crippen LogP contribution in [0.3, 0.4) is 0 Å². The molecule has 5 heteroatoms. The van der Waals surface area contributed by atoms with Crippen LogP contribution in [0, 0.1) is 17.0 Å². The smallest absolute Gasteiger partial charge is 0.292 e. The average molecular weight is 252 g/mol. The van der Waals surface area contributed by atoms with Crippen molar-refractivity contribution in [3.63, 3.8) is 0 Å². The highest BCUT2D eigenvalue weighted by atomic mass is 16.6. The summed E-state index contributed by atoms with van der Waals surface area (Å²) in [6.07, 6.45) is 2.15. The molecule has 18 heavy (non-hydrogen) atoms. The zero-order chi connectivity index (χ0) is 13.4. The number of anilines is 1. The van der Waals surface area contributed by atoms with Crippen molar-refractivity contribution < 1.29 is 9.66 Å². The SMILES string of the molecule is CCCCOCCNc1cc(C)ccc1[N+](=O)[O-]. The fourth-order valence-corrected chi connectivity index (χ4v) is 1.56. The van der Waals surface area contributed by atoms with Gasteiger partial charge in [0.15, 0.2) is 0 Å². The predicted octanol–water partition coefficient (Wildman–Crippen LogP) is 3.13. The van der Waals surface area contributed by atoms with Crippen LogP contribution in [0.1, 0.15) is 25.3 Å². The lowest BCUT2D eigenvalue weighted by atomic mass is 10.2. The van der Waals surface area contributed by atoms with Gasteiger partial charge in [-0.1, -0.05) is 19.4 Å². The first-order chi connectivity index (χ1) is 8.65. The van der Waals surface area contributed by atoms with E-state index in [9.17, 15) is 10.1 Å². The second-order valence-electron chi connectivity index (χ2n) is 4.17. The molecule has 0 spiro atoms. The largest absolute Gasteiger partial charge is 0.380 e. The Kier molecular flexibility index (Phi) is 6.14. The van der Waals surface area contributed by atoms with Gasteiger partial charge in [0, 0.05) is 19.2 Å². The standard InChI is InChI=1S/C13H20N2O3/c1-3-4-8-18-9-7-14-12-10-11(2)5-6-13(12)15(16)17/h5-6,10,14H,3-4,7-9H2,1-2H3. The second-order valence-corrected chi connectivity index (χ2v) is 4.17. The summed E-state index contributed by atoms with van der Waals surface area (Å²) in [5.41, 5.74) is 1.66. The van der Waals surface area contributed by atoms with Crippen molar-refractivity contribution in [1.29, 1.82) is 0 Å². The number of benzene rings is 1. The van der Waals surface area contributed by atoms with Crippen LogP contribution in [0.5, 0.6) is 0 Å². The summed E-state index contributed by atoms with van der Waals surface area (Å²) in [6.45, 7) is 5.90. The number of nitrogens with one attached hydrogen (secondary N) is 1. The van der Waals surface area contributed by atoms with Crippen LogP contribution >= 0.6 is 0 Å². The zero-order valence-electron chi connectivity index (χ0n) is 10.9. The van der Waals surface area contributed by atoms with Crippen molar-refractivity contribution in [2.75, 3.05) is 25.1 Å². The average Bonchev–Trinajstić information content (AvgIpc) is 2.33. The lowest BCUT2D eigenvalue weighted by Crippen LogP contribution is -2.11. The molecule has 5 nitrogen and oxygen atoms in total. The van der Waals surface area contributed by atoms with Gasteiger partial charge in [-0.15, -0.1) is 0 Å². The molecule has 0 aromatic heterocycles. The molecule has 0 heterocycles. The molecule has 1 aromatic rings. The Hall–Kier alpha value is -1.62. The summed E-state index contributed by atoms with van der Waals surface area (Å²) in [6, 6.07) is 5.04. The van der Waals surface area contributed by atoms with E-state index in [0.717, 1.165) is 25.0 Å². The Morgan fingerprint density at radius 3 is 2.83 bits per heavy atom. The third kappa shape index (κ3) is 4.71. The Morgan fingerprint density at radius 2 is 2.17 bits per heavy atom. The van der Waals surface area contributed by atoms with E-state index in [2.05, 4.69) is 12.2 Å². The van der Waals surface area contributed by atoms with Gasteiger partial charge in [-0.2, -0.15) is 0 Å². The maximum atomic E-state index is 10.8. The van der Waals surface area contributed by atoms with Crippen LogP contribution < -0.4 is 5.32 Å². The van der Waals surface area contributed by atoms with E-state index in [4.69, 9.17) is 4.74 Å². The number of hydrogen-bond acceptors (Lipinski definition) is 4. The van der Waals surface area contributed by atoms with Gasteiger partial charge in [0.05, 0.1) is 11.5 Å². The number of nitro benzene ring substituents is 1. The third-order valence-corrected chi connectivity index (χ3v) is 2.55. The van der Waals surface area contributed by atoms with Gasteiger partial charge >= 0.3 is 0 Å². The van der Waals surface area contributed by atoms with Gasteiger partial charge in [-0.25, -0.2) is 0 Å². The van der Waals surface area contributed by atoms with Crippen molar-refractivity contribution in [2.45, 2.75) is 26.7 Å². The van der Waals surface area contributed by atoms with Crippen LogP contribution in [-0.4, -0.2) is 24.7 Å². The minimum atomic E-state index is -0.375. The monoisotopic (exact) mass is 252 g/mol. The predicted molar refractivity (Wildman–Crippen MR) is 72.1 cm³/mol. The van der Waals surface area contributed by atoms with E-state index < -0.39 is 0 Å². The van der Waals surface area contributed by atoms with E-state index in [-0.39, 0.29) is 10.6 Å².